The lowest BCUT2D eigenvalue weighted by Crippen LogP contribution is -2.53. The molecule has 0 bridgehead atoms. The number of amides is 1. The van der Waals surface area contributed by atoms with E-state index in [1.54, 1.807) is 6.07 Å². The third kappa shape index (κ3) is 3.60. The number of nitrogens with one attached hydrogen (secondary N) is 1. The lowest BCUT2D eigenvalue weighted by Gasteiger charge is -2.34. The SMILES string of the molecule is N#Cc1cccc(CN2CCOCC2C(=O)NC2CC2)c1. The molecule has 0 aromatic heterocycles. The molecule has 1 aromatic carbocycles. The first-order valence-electron chi connectivity index (χ1n) is 7.37. The molecular formula is C16H19N3O2. The highest BCUT2D eigenvalue weighted by Crippen LogP contribution is 2.20. The maximum absolute atomic E-state index is 12.3. The predicted molar refractivity (Wildman–Crippen MR) is 77.3 cm³/mol. The average Bonchev–Trinajstić information content (AvgIpc) is 3.32. The summed E-state index contributed by atoms with van der Waals surface area (Å²) in [5.74, 6) is 0.0636. The van der Waals surface area contributed by atoms with Crippen molar-refractivity contribution in [3.8, 4) is 6.07 Å². The van der Waals surface area contributed by atoms with Gasteiger partial charge < -0.3 is 10.1 Å². The molecule has 0 radical (unpaired) electrons. The van der Waals surface area contributed by atoms with Crippen molar-refractivity contribution in [1.82, 2.24) is 10.2 Å². The van der Waals surface area contributed by atoms with Crippen molar-refractivity contribution < 1.29 is 9.53 Å². The van der Waals surface area contributed by atoms with Crippen molar-refractivity contribution in [2.45, 2.75) is 31.5 Å². The fourth-order valence-electron chi connectivity index (χ4n) is 2.57. The van der Waals surface area contributed by atoms with E-state index in [1.165, 1.54) is 0 Å². The number of rotatable bonds is 4. The number of carbonyl (C=O) groups excluding carboxylic acids is 1. The molecule has 1 aliphatic carbocycles. The third-order valence-corrected chi connectivity index (χ3v) is 3.91. The van der Waals surface area contributed by atoms with Gasteiger partial charge in [-0.25, -0.2) is 0 Å². The average molecular weight is 285 g/mol. The van der Waals surface area contributed by atoms with Crippen molar-refractivity contribution in [2.75, 3.05) is 19.8 Å². The van der Waals surface area contributed by atoms with E-state index >= 15 is 0 Å². The summed E-state index contributed by atoms with van der Waals surface area (Å²) in [5.41, 5.74) is 1.71. The third-order valence-electron chi connectivity index (χ3n) is 3.91. The maximum atomic E-state index is 12.3. The minimum absolute atomic E-state index is 0.0636. The van der Waals surface area contributed by atoms with Gasteiger partial charge in [0.15, 0.2) is 0 Å². The zero-order chi connectivity index (χ0) is 14.7. The molecule has 1 atom stereocenters. The summed E-state index contributed by atoms with van der Waals surface area (Å²) in [5, 5.41) is 12.0. The van der Waals surface area contributed by atoms with Gasteiger partial charge in [-0.05, 0) is 30.5 Å². The summed E-state index contributed by atoms with van der Waals surface area (Å²) in [6.07, 6.45) is 2.17. The van der Waals surface area contributed by atoms with E-state index in [0.29, 0.717) is 31.4 Å². The van der Waals surface area contributed by atoms with Crippen molar-refractivity contribution in [3.05, 3.63) is 35.4 Å². The second-order valence-corrected chi connectivity index (χ2v) is 5.66. The summed E-state index contributed by atoms with van der Waals surface area (Å²) in [6.45, 7) is 2.49. The van der Waals surface area contributed by atoms with Gasteiger partial charge in [0.05, 0.1) is 24.8 Å². The smallest absolute Gasteiger partial charge is 0.239 e. The van der Waals surface area contributed by atoms with E-state index in [4.69, 9.17) is 10.00 Å². The Hall–Kier alpha value is -1.90. The van der Waals surface area contributed by atoms with Gasteiger partial charge in [-0.2, -0.15) is 5.26 Å². The van der Waals surface area contributed by atoms with Crippen molar-refractivity contribution in [1.29, 1.82) is 5.26 Å². The molecule has 1 heterocycles. The normalized spacial score (nSPS) is 22.5. The number of morpholine rings is 1. The number of hydrogen-bond donors (Lipinski definition) is 1. The molecule has 5 nitrogen and oxygen atoms in total. The summed E-state index contributed by atoms with van der Waals surface area (Å²) in [7, 11) is 0. The van der Waals surface area contributed by atoms with Gasteiger partial charge in [0.1, 0.15) is 6.04 Å². The Balaban J connectivity index is 1.68. The first-order valence-corrected chi connectivity index (χ1v) is 7.37. The zero-order valence-electron chi connectivity index (χ0n) is 11.9. The molecule has 1 amide bonds. The van der Waals surface area contributed by atoms with Crippen molar-refractivity contribution >= 4 is 5.91 Å². The lowest BCUT2D eigenvalue weighted by molar-refractivity contribution is -0.133. The molecule has 21 heavy (non-hydrogen) atoms. The fraction of sp³-hybridized carbons (Fsp3) is 0.500. The van der Waals surface area contributed by atoms with Crippen LogP contribution in [0.1, 0.15) is 24.0 Å². The quantitative estimate of drug-likeness (QED) is 0.897. The van der Waals surface area contributed by atoms with Crippen LogP contribution in [0.2, 0.25) is 0 Å². The van der Waals surface area contributed by atoms with Gasteiger partial charge in [0.25, 0.3) is 0 Å². The molecule has 1 N–H and O–H groups in total. The van der Waals surface area contributed by atoms with E-state index in [0.717, 1.165) is 24.9 Å². The van der Waals surface area contributed by atoms with E-state index in [-0.39, 0.29) is 11.9 Å². The maximum Gasteiger partial charge on any atom is 0.239 e. The predicted octanol–water partition coefficient (Wildman–Crippen LogP) is 1.04. The summed E-state index contributed by atoms with van der Waals surface area (Å²) < 4.78 is 5.46. The van der Waals surface area contributed by atoms with Crippen LogP contribution in [0, 0.1) is 11.3 Å². The highest BCUT2D eigenvalue weighted by molar-refractivity contribution is 5.82. The highest BCUT2D eigenvalue weighted by Gasteiger charge is 2.33. The number of carbonyl (C=O) groups is 1. The van der Waals surface area contributed by atoms with Crippen LogP contribution in [0.5, 0.6) is 0 Å². The zero-order valence-corrected chi connectivity index (χ0v) is 11.9. The van der Waals surface area contributed by atoms with Gasteiger partial charge in [-0.15, -0.1) is 0 Å². The number of nitrogens with zero attached hydrogens (tertiary/aromatic N) is 2. The van der Waals surface area contributed by atoms with Crippen LogP contribution in [0.25, 0.3) is 0 Å². The van der Waals surface area contributed by atoms with Crippen LogP contribution in [-0.4, -0.2) is 42.6 Å². The van der Waals surface area contributed by atoms with Gasteiger partial charge in [-0.3, -0.25) is 9.69 Å². The van der Waals surface area contributed by atoms with Crippen molar-refractivity contribution in [3.63, 3.8) is 0 Å². The van der Waals surface area contributed by atoms with Gasteiger partial charge >= 0.3 is 0 Å². The van der Waals surface area contributed by atoms with Gasteiger partial charge in [-0.1, -0.05) is 12.1 Å². The topological polar surface area (TPSA) is 65.4 Å². The molecule has 1 saturated carbocycles. The Morgan fingerprint density at radius 1 is 1.48 bits per heavy atom. The molecule has 2 fully saturated rings. The van der Waals surface area contributed by atoms with Crippen LogP contribution in [0.15, 0.2) is 24.3 Å². The van der Waals surface area contributed by atoms with Gasteiger partial charge in [0.2, 0.25) is 5.91 Å². The van der Waals surface area contributed by atoms with E-state index in [2.05, 4.69) is 16.3 Å². The number of nitriles is 1. The first kappa shape index (κ1) is 14.1. The Morgan fingerprint density at radius 2 is 2.33 bits per heavy atom. The molecule has 1 aromatic rings. The molecule has 110 valence electrons. The highest BCUT2D eigenvalue weighted by atomic mass is 16.5. The molecule has 1 unspecified atom stereocenters. The van der Waals surface area contributed by atoms with E-state index < -0.39 is 0 Å². The fourth-order valence-corrected chi connectivity index (χ4v) is 2.57. The summed E-state index contributed by atoms with van der Waals surface area (Å²) in [4.78, 5) is 14.4. The van der Waals surface area contributed by atoms with E-state index in [9.17, 15) is 4.79 Å². The van der Waals surface area contributed by atoms with Crippen LogP contribution in [0.4, 0.5) is 0 Å². The Morgan fingerprint density at radius 3 is 3.10 bits per heavy atom. The molecule has 1 saturated heterocycles. The Kier molecular flexibility index (Phi) is 4.18. The molecule has 5 heteroatoms. The molecule has 0 spiro atoms. The Bertz CT molecular complexity index is 563. The van der Waals surface area contributed by atoms with Crippen LogP contribution >= 0.6 is 0 Å². The number of benzene rings is 1. The summed E-state index contributed by atoms with van der Waals surface area (Å²) >= 11 is 0. The molecule has 1 aliphatic heterocycles. The van der Waals surface area contributed by atoms with E-state index in [1.807, 2.05) is 18.2 Å². The molecule has 3 rings (SSSR count). The number of hydrogen-bond acceptors (Lipinski definition) is 4. The van der Waals surface area contributed by atoms with Crippen LogP contribution in [-0.2, 0) is 16.1 Å². The molecular weight excluding hydrogens is 266 g/mol. The van der Waals surface area contributed by atoms with Crippen molar-refractivity contribution in [2.24, 2.45) is 0 Å². The minimum Gasteiger partial charge on any atom is -0.378 e. The summed E-state index contributed by atoms with van der Waals surface area (Å²) in [6, 6.07) is 9.83. The van der Waals surface area contributed by atoms with Crippen LogP contribution in [0.3, 0.4) is 0 Å². The van der Waals surface area contributed by atoms with Gasteiger partial charge in [0, 0.05) is 19.1 Å². The standard InChI is InChI=1S/C16H19N3O2/c17-9-12-2-1-3-13(8-12)10-19-6-7-21-11-15(19)16(20)18-14-4-5-14/h1-3,8,14-15H,4-7,10-11H2,(H,18,20). The second-order valence-electron chi connectivity index (χ2n) is 5.66. The first-order chi connectivity index (χ1) is 10.3. The van der Waals surface area contributed by atoms with Crippen LogP contribution < -0.4 is 5.32 Å². The monoisotopic (exact) mass is 285 g/mol. The second kappa shape index (κ2) is 6.25. The molecule has 2 aliphatic rings. The Labute approximate surface area is 124 Å². The minimum atomic E-state index is -0.231. The number of ether oxygens (including phenoxy) is 1. The largest absolute Gasteiger partial charge is 0.378 e. The lowest BCUT2D eigenvalue weighted by atomic mass is 10.1.